The monoisotopic (exact) mass is 416 g/mol. The van der Waals surface area contributed by atoms with E-state index in [4.69, 9.17) is 4.74 Å². The number of amides is 1. The third kappa shape index (κ3) is 5.58. The van der Waals surface area contributed by atoms with E-state index in [0.717, 1.165) is 11.1 Å². The molecule has 0 radical (unpaired) electrons. The number of hydrogen-bond acceptors (Lipinski definition) is 4. The van der Waals surface area contributed by atoms with Crippen LogP contribution in [0.1, 0.15) is 30.9 Å². The zero-order chi connectivity index (χ0) is 20.9. The lowest BCUT2D eigenvalue weighted by atomic mass is 9.97. The molecular weight excluding hydrogens is 388 g/mol. The molecule has 1 N–H and O–H groups in total. The van der Waals surface area contributed by atoms with Crippen LogP contribution in [0, 0.1) is 12.8 Å². The molecule has 0 aliphatic carbocycles. The van der Waals surface area contributed by atoms with Crippen molar-refractivity contribution in [3.05, 3.63) is 59.7 Å². The van der Waals surface area contributed by atoms with Crippen LogP contribution in [0.5, 0.6) is 5.75 Å². The summed E-state index contributed by atoms with van der Waals surface area (Å²) in [6.07, 6.45) is 1.05. The van der Waals surface area contributed by atoms with Crippen LogP contribution in [0.4, 0.5) is 5.69 Å². The fourth-order valence-corrected chi connectivity index (χ4v) is 4.53. The SMILES string of the molecule is CCS(=O)(=O)N1CCC(C(=O)Nc2ccc(C)cc2OCc2ccccc2)CC1. The van der Waals surface area contributed by atoms with Crippen LogP contribution >= 0.6 is 0 Å². The number of piperidine rings is 1. The van der Waals surface area contributed by atoms with Gasteiger partial charge in [-0.2, -0.15) is 0 Å². The maximum absolute atomic E-state index is 12.8. The van der Waals surface area contributed by atoms with E-state index in [9.17, 15) is 13.2 Å². The van der Waals surface area contributed by atoms with Gasteiger partial charge in [0.1, 0.15) is 12.4 Å². The average Bonchev–Trinajstić information content (AvgIpc) is 2.74. The molecule has 0 aromatic heterocycles. The number of benzene rings is 2. The van der Waals surface area contributed by atoms with Crippen molar-refractivity contribution >= 4 is 21.6 Å². The van der Waals surface area contributed by atoms with Crippen LogP contribution in [0.3, 0.4) is 0 Å². The van der Waals surface area contributed by atoms with Gasteiger partial charge in [-0.05, 0) is 49.9 Å². The van der Waals surface area contributed by atoms with Crippen molar-refractivity contribution in [3.8, 4) is 5.75 Å². The fraction of sp³-hybridized carbons (Fsp3) is 0.409. The van der Waals surface area contributed by atoms with Gasteiger partial charge in [0.25, 0.3) is 0 Å². The van der Waals surface area contributed by atoms with E-state index in [1.165, 1.54) is 4.31 Å². The third-order valence-corrected chi connectivity index (χ3v) is 7.10. The lowest BCUT2D eigenvalue weighted by Gasteiger charge is -2.30. The lowest BCUT2D eigenvalue weighted by molar-refractivity contribution is -0.120. The maximum Gasteiger partial charge on any atom is 0.227 e. The third-order valence-electron chi connectivity index (χ3n) is 5.22. The van der Waals surface area contributed by atoms with Gasteiger partial charge in [0.2, 0.25) is 15.9 Å². The van der Waals surface area contributed by atoms with Crippen LogP contribution in [0.25, 0.3) is 0 Å². The first kappa shape index (κ1) is 21.3. The first-order valence-electron chi connectivity index (χ1n) is 9.95. The Morgan fingerprint density at radius 3 is 2.48 bits per heavy atom. The molecule has 0 unspecified atom stereocenters. The summed E-state index contributed by atoms with van der Waals surface area (Å²) in [4.78, 5) is 12.8. The van der Waals surface area contributed by atoms with Gasteiger partial charge in [0.15, 0.2) is 0 Å². The zero-order valence-electron chi connectivity index (χ0n) is 16.9. The summed E-state index contributed by atoms with van der Waals surface area (Å²) in [5, 5.41) is 2.98. The highest BCUT2D eigenvalue weighted by Gasteiger charge is 2.30. The summed E-state index contributed by atoms with van der Waals surface area (Å²) in [7, 11) is -3.19. The summed E-state index contributed by atoms with van der Waals surface area (Å²) < 4.78 is 31.4. The van der Waals surface area contributed by atoms with E-state index in [1.54, 1.807) is 6.92 Å². The number of aryl methyl sites for hydroxylation is 1. The van der Waals surface area contributed by atoms with Gasteiger partial charge >= 0.3 is 0 Å². The van der Waals surface area contributed by atoms with E-state index >= 15 is 0 Å². The van der Waals surface area contributed by atoms with E-state index in [1.807, 2.05) is 55.5 Å². The molecule has 1 amide bonds. The Hall–Kier alpha value is -2.38. The smallest absolute Gasteiger partial charge is 0.227 e. The molecule has 0 bridgehead atoms. The molecule has 0 spiro atoms. The normalized spacial score (nSPS) is 15.8. The van der Waals surface area contributed by atoms with Crippen molar-refractivity contribution in [3.63, 3.8) is 0 Å². The lowest BCUT2D eigenvalue weighted by Crippen LogP contribution is -2.42. The van der Waals surface area contributed by atoms with Crippen LogP contribution in [-0.4, -0.2) is 37.5 Å². The number of carbonyl (C=O) groups is 1. The summed E-state index contributed by atoms with van der Waals surface area (Å²) in [5.41, 5.74) is 2.74. The van der Waals surface area contributed by atoms with E-state index in [0.29, 0.717) is 44.0 Å². The molecule has 7 heteroatoms. The minimum absolute atomic E-state index is 0.0908. The fourth-order valence-electron chi connectivity index (χ4n) is 3.40. The molecule has 6 nitrogen and oxygen atoms in total. The molecule has 3 rings (SSSR count). The Kier molecular flexibility index (Phi) is 6.92. The highest BCUT2D eigenvalue weighted by Crippen LogP contribution is 2.29. The van der Waals surface area contributed by atoms with Gasteiger partial charge in [-0.3, -0.25) is 4.79 Å². The highest BCUT2D eigenvalue weighted by molar-refractivity contribution is 7.89. The first-order chi connectivity index (χ1) is 13.9. The zero-order valence-corrected chi connectivity index (χ0v) is 17.7. The largest absolute Gasteiger partial charge is 0.487 e. The predicted octanol–water partition coefficient (Wildman–Crippen LogP) is 3.57. The van der Waals surface area contributed by atoms with Crippen molar-refractivity contribution in [2.75, 3.05) is 24.2 Å². The average molecular weight is 417 g/mol. The topological polar surface area (TPSA) is 75.7 Å². The van der Waals surface area contributed by atoms with Crippen molar-refractivity contribution in [2.45, 2.75) is 33.3 Å². The Labute approximate surface area is 172 Å². The Morgan fingerprint density at radius 1 is 1.14 bits per heavy atom. The van der Waals surface area contributed by atoms with Gasteiger partial charge in [-0.15, -0.1) is 0 Å². The van der Waals surface area contributed by atoms with Crippen LogP contribution in [0.2, 0.25) is 0 Å². The number of anilines is 1. The number of sulfonamides is 1. The molecule has 1 heterocycles. The van der Waals surface area contributed by atoms with Crippen molar-refractivity contribution < 1.29 is 17.9 Å². The molecule has 29 heavy (non-hydrogen) atoms. The molecule has 2 aromatic carbocycles. The summed E-state index contributed by atoms with van der Waals surface area (Å²) in [6.45, 7) is 4.81. The summed E-state index contributed by atoms with van der Waals surface area (Å²) in [6, 6.07) is 15.6. The van der Waals surface area contributed by atoms with Crippen molar-refractivity contribution in [1.82, 2.24) is 4.31 Å². The number of hydrogen-bond donors (Lipinski definition) is 1. The summed E-state index contributed by atoms with van der Waals surface area (Å²) in [5.74, 6) is 0.428. The number of ether oxygens (including phenoxy) is 1. The highest BCUT2D eigenvalue weighted by atomic mass is 32.2. The van der Waals surface area contributed by atoms with Crippen LogP contribution < -0.4 is 10.1 Å². The van der Waals surface area contributed by atoms with Gasteiger partial charge < -0.3 is 10.1 Å². The molecule has 156 valence electrons. The van der Waals surface area contributed by atoms with Gasteiger partial charge in [-0.25, -0.2) is 12.7 Å². The van der Waals surface area contributed by atoms with Crippen molar-refractivity contribution in [2.24, 2.45) is 5.92 Å². The first-order valence-corrected chi connectivity index (χ1v) is 11.6. The Balaban J connectivity index is 1.63. The molecule has 1 fully saturated rings. The Bertz CT molecular complexity index is 937. The van der Waals surface area contributed by atoms with Gasteiger partial charge in [-0.1, -0.05) is 36.4 Å². The quantitative estimate of drug-likeness (QED) is 0.749. The molecule has 1 aliphatic rings. The van der Waals surface area contributed by atoms with Crippen molar-refractivity contribution in [1.29, 1.82) is 0 Å². The molecule has 0 atom stereocenters. The van der Waals surface area contributed by atoms with Gasteiger partial charge in [0.05, 0.1) is 11.4 Å². The van der Waals surface area contributed by atoms with E-state index in [2.05, 4.69) is 5.32 Å². The minimum Gasteiger partial charge on any atom is -0.487 e. The second kappa shape index (κ2) is 9.41. The second-order valence-electron chi connectivity index (χ2n) is 7.34. The van der Waals surface area contributed by atoms with E-state index < -0.39 is 10.0 Å². The predicted molar refractivity (Wildman–Crippen MR) is 114 cm³/mol. The molecule has 1 aliphatic heterocycles. The van der Waals surface area contributed by atoms with Crippen LogP contribution in [0.15, 0.2) is 48.5 Å². The molecule has 1 saturated heterocycles. The standard InChI is InChI=1S/C22H28N2O4S/c1-3-29(26,27)24-13-11-19(12-14-24)22(25)23-20-10-9-17(2)15-21(20)28-16-18-7-5-4-6-8-18/h4-10,15,19H,3,11-14,16H2,1-2H3,(H,23,25). The molecule has 0 saturated carbocycles. The molecular formula is C22H28N2O4S. The second-order valence-corrected chi connectivity index (χ2v) is 9.59. The summed E-state index contributed by atoms with van der Waals surface area (Å²) >= 11 is 0. The minimum atomic E-state index is -3.19. The van der Waals surface area contributed by atoms with E-state index in [-0.39, 0.29) is 17.6 Å². The number of nitrogens with zero attached hydrogens (tertiary/aromatic N) is 1. The number of nitrogens with one attached hydrogen (secondary N) is 1. The van der Waals surface area contributed by atoms with Gasteiger partial charge in [0, 0.05) is 19.0 Å². The number of rotatable bonds is 7. The Morgan fingerprint density at radius 2 is 1.83 bits per heavy atom. The maximum atomic E-state index is 12.8. The molecule has 2 aromatic rings. The van der Waals surface area contributed by atoms with Crippen LogP contribution in [-0.2, 0) is 21.4 Å². The number of carbonyl (C=O) groups excluding carboxylic acids is 1.